The summed E-state index contributed by atoms with van der Waals surface area (Å²) in [5, 5.41) is 0. The Bertz CT molecular complexity index is 124. The van der Waals surface area contributed by atoms with Gasteiger partial charge in [-0.05, 0) is 13.0 Å². The molecule has 0 bridgehead atoms. The third kappa shape index (κ3) is 1.80. The maximum absolute atomic E-state index is 5.18. The maximum atomic E-state index is 5.18. The Labute approximate surface area is 75.9 Å². The van der Waals surface area contributed by atoms with Crippen molar-refractivity contribution in [2.24, 2.45) is 5.41 Å². The van der Waals surface area contributed by atoms with E-state index in [9.17, 15) is 0 Å². The zero-order valence-corrected chi connectivity index (χ0v) is 8.60. The highest BCUT2D eigenvalue weighted by atomic mass is 16.5. The van der Waals surface area contributed by atoms with Crippen LogP contribution in [0.4, 0.5) is 0 Å². The Morgan fingerprint density at radius 2 is 1.83 bits per heavy atom. The summed E-state index contributed by atoms with van der Waals surface area (Å²) in [6.07, 6.45) is 1.29. The molecule has 72 valence electrons. The first-order valence-electron chi connectivity index (χ1n) is 5.15. The van der Waals surface area contributed by atoms with Gasteiger partial charge in [0.05, 0.1) is 13.2 Å². The first kappa shape index (κ1) is 10.0. The highest BCUT2D eigenvalue weighted by Crippen LogP contribution is 2.37. The van der Waals surface area contributed by atoms with Crippen molar-refractivity contribution in [3.8, 4) is 0 Å². The van der Waals surface area contributed by atoms with Gasteiger partial charge < -0.3 is 9.64 Å². The maximum Gasteiger partial charge on any atom is 0.0569 e. The van der Waals surface area contributed by atoms with E-state index in [1.54, 1.807) is 0 Å². The molecule has 0 aromatic carbocycles. The molecule has 0 aromatic heterocycles. The largest absolute Gasteiger partial charge is 0.380 e. The van der Waals surface area contributed by atoms with Crippen LogP contribution in [0.15, 0.2) is 0 Å². The van der Waals surface area contributed by atoms with Gasteiger partial charge in [-0.25, -0.2) is 0 Å². The summed E-state index contributed by atoms with van der Waals surface area (Å²) in [4.78, 5) is 2.52. The third-order valence-electron chi connectivity index (χ3n) is 2.47. The van der Waals surface area contributed by atoms with Gasteiger partial charge in [-0.15, -0.1) is 0 Å². The fourth-order valence-corrected chi connectivity index (χ4v) is 1.95. The second-order valence-corrected chi connectivity index (χ2v) is 3.70. The van der Waals surface area contributed by atoms with Gasteiger partial charge in [0.1, 0.15) is 0 Å². The molecule has 0 atom stereocenters. The van der Waals surface area contributed by atoms with E-state index in [0.717, 1.165) is 13.2 Å². The summed E-state index contributed by atoms with van der Waals surface area (Å²) in [6, 6.07) is 0. The summed E-state index contributed by atoms with van der Waals surface area (Å²) in [6.45, 7) is 12.1. The van der Waals surface area contributed by atoms with Crippen LogP contribution in [0.3, 0.4) is 0 Å². The van der Waals surface area contributed by atoms with E-state index in [1.165, 1.54) is 26.1 Å². The van der Waals surface area contributed by atoms with Crippen LogP contribution in [0.5, 0.6) is 0 Å². The molecule has 0 aliphatic carbocycles. The zero-order chi connectivity index (χ0) is 9.03. The number of likely N-dealkylation sites (tertiary alicyclic amines) is 1. The number of hydrogen-bond acceptors (Lipinski definition) is 2. The fourth-order valence-electron chi connectivity index (χ4n) is 1.95. The number of nitrogens with zero attached hydrogens (tertiary/aromatic N) is 1. The fraction of sp³-hybridized carbons (Fsp3) is 1.00. The van der Waals surface area contributed by atoms with Gasteiger partial charge in [0, 0.05) is 18.5 Å². The Morgan fingerprint density at radius 3 is 2.17 bits per heavy atom. The topological polar surface area (TPSA) is 12.5 Å². The second-order valence-electron chi connectivity index (χ2n) is 3.70. The zero-order valence-electron chi connectivity index (χ0n) is 8.60. The van der Waals surface area contributed by atoms with E-state index in [0.29, 0.717) is 5.41 Å². The van der Waals surface area contributed by atoms with Gasteiger partial charge in [-0.3, -0.25) is 0 Å². The Balaban J connectivity index is 0.000000336. The molecule has 0 radical (unpaired) electrons. The number of ether oxygens (including phenoxy) is 1. The minimum Gasteiger partial charge on any atom is -0.380 e. The normalized spacial score (nSPS) is 25.2. The highest BCUT2D eigenvalue weighted by Gasteiger charge is 2.48. The van der Waals surface area contributed by atoms with Crippen molar-refractivity contribution in [1.82, 2.24) is 4.90 Å². The highest BCUT2D eigenvalue weighted by molar-refractivity contribution is 4.98. The number of rotatable bonds is 2. The SMILES string of the molecule is CC.CCCN1CC2(COC2)C1. The molecule has 2 heteroatoms. The Hall–Kier alpha value is -0.0800. The molecule has 2 nitrogen and oxygen atoms in total. The summed E-state index contributed by atoms with van der Waals surface area (Å²) >= 11 is 0. The van der Waals surface area contributed by atoms with Crippen molar-refractivity contribution in [3.05, 3.63) is 0 Å². The molecule has 0 N–H and O–H groups in total. The second kappa shape index (κ2) is 4.24. The molecule has 2 aliphatic rings. The van der Waals surface area contributed by atoms with Gasteiger partial charge in [0.15, 0.2) is 0 Å². The summed E-state index contributed by atoms with van der Waals surface area (Å²) < 4.78 is 5.18. The van der Waals surface area contributed by atoms with E-state index >= 15 is 0 Å². The first-order chi connectivity index (χ1) is 5.85. The molecule has 0 amide bonds. The van der Waals surface area contributed by atoms with Crippen molar-refractivity contribution < 1.29 is 4.74 Å². The van der Waals surface area contributed by atoms with Crippen molar-refractivity contribution in [1.29, 1.82) is 0 Å². The molecular weight excluding hydrogens is 150 g/mol. The lowest BCUT2D eigenvalue weighted by Gasteiger charge is -2.55. The van der Waals surface area contributed by atoms with Gasteiger partial charge in [-0.1, -0.05) is 20.8 Å². The van der Waals surface area contributed by atoms with Crippen molar-refractivity contribution in [2.45, 2.75) is 27.2 Å². The lowest BCUT2D eigenvalue weighted by molar-refractivity contribution is -0.188. The third-order valence-corrected chi connectivity index (χ3v) is 2.47. The summed E-state index contributed by atoms with van der Waals surface area (Å²) in [5.41, 5.74) is 0.620. The van der Waals surface area contributed by atoms with Crippen LogP contribution in [0, 0.1) is 5.41 Å². The number of hydrogen-bond donors (Lipinski definition) is 0. The first-order valence-corrected chi connectivity index (χ1v) is 5.15. The molecule has 1 spiro atoms. The standard InChI is InChI=1S/C8H15NO.C2H6/c1-2-3-9-4-8(5-9)6-10-7-8;1-2/h2-7H2,1H3;1-2H3. The van der Waals surface area contributed by atoms with Crippen molar-refractivity contribution in [2.75, 3.05) is 32.8 Å². The van der Waals surface area contributed by atoms with Crippen LogP contribution in [-0.2, 0) is 4.74 Å². The van der Waals surface area contributed by atoms with Crippen molar-refractivity contribution in [3.63, 3.8) is 0 Å². The quantitative estimate of drug-likeness (QED) is 0.627. The van der Waals surface area contributed by atoms with Crippen LogP contribution in [0.2, 0.25) is 0 Å². The van der Waals surface area contributed by atoms with Crippen molar-refractivity contribution >= 4 is 0 Å². The molecule has 0 unspecified atom stereocenters. The molecular formula is C10H21NO. The lowest BCUT2D eigenvalue weighted by Crippen LogP contribution is -2.65. The van der Waals surface area contributed by atoms with E-state index in [-0.39, 0.29) is 0 Å². The molecule has 0 aromatic rings. The van der Waals surface area contributed by atoms with E-state index in [1.807, 2.05) is 13.8 Å². The van der Waals surface area contributed by atoms with Gasteiger partial charge in [-0.2, -0.15) is 0 Å². The molecule has 2 fully saturated rings. The Morgan fingerprint density at radius 1 is 1.25 bits per heavy atom. The summed E-state index contributed by atoms with van der Waals surface area (Å²) in [5.74, 6) is 0. The average Bonchev–Trinajstić information content (AvgIpc) is 1.96. The lowest BCUT2D eigenvalue weighted by atomic mass is 9.78. The smallest absolute Gasteiger partial charge is 0.0569 e. The van der Waals surface area contributed by atoms with Crippen LogP contribution in [0.1, 0.15) is 27.2 Å². The molecule has 2 aliphatic heterocycles. The Kier molecular flexibility index (Phi) is 3.53. The molecule has 0 saturated carbocycles. The van der Waals surface area contributed by atoms with Crippen LogP contribution < -0.4 is 0 Å². The molecule has 2 saturated heterocycles. The van der Waals surface area contributed by atoms with Crippen LogP contribution >= 0.6 is 0 Å². The van der Waals surface area contributed by atoms with Gasteiger partial charge in [0.2, 0.25) is 0 Å². The minimum absolute atomic E-state index is 0.620. The average molecular weight is 171 g/mol. The monoisotopic (exact) mass is 171 g/mol. The van der Waals surface area contributed by atoms with E-state index < -0.39 is 0 Å². The van der Waals surface area contributed by atoms with Crippen LogP contribution in [0.25, 0.3) is 0 Å². The molecule has 2 rings (SSSR count). The minimum atomic E-state index is 0.620. The van der Waals surface area contributed by atoms with E-state index in [4.69, 9.17) is 4.74 Å². The molecule has 12 heavy (non-hydrogen) atoms. The summed E-state index contributed by atoms with van der Waals surface area (Å²) in [7, 11) is 0. The van der Waals surface area contributed by atoms with Gasteiger partial charge in [0.25, 0.3) is 0 Å². The van der Waals surface area contributed by atoms with E-state index in [2.05, 4.69) is 11.8 Å². The van der Waals surface area contributed by atoms with Crippen LogP contribution in [-0.4, -0.2) is 37.7 Å². The predicted octanol–water partition coefficient (Wildman–Crippen LogP) is 1.75. The molecule has 2 heterocycles. The predicted molar refractivity (Wildman–Crippen MR) is 51.3 cm³/mol. The van der Waals surface area contributed by atoms with Gasteiger partial charge >= 0.3 is 0 Å².